The van der Waals surface area contributed by atoms with Crippen LogP contribution < -0.4 is 10.0 Å². The molecule has 0 saturated heterocycles. The predicted molar refractivity (Wildman–Crippen MR) is 106 cm³/mol. The van der Waals surface area contributed by atoms with E-state index in [9.17, 15) is 13.2 Å². The van der Waals surface area contributed by atoms with Crippen LogP contribution in [0.25, 0.3) is 0 Å². The fourth-order valence-electron chi connectivity index (χ4n) is 3.50. The molecule has 2 N–H and O–H groups in total. The van der Waals surface area contributed by atoms with Crippen LogP contribution in [0.3, 0.4) is 0 Å². The van der Waals surface area contributed by atoms with Crippen LogP contribution in [0.2, 0.25) is 0 Å². The molecule has 0 spiro atoms. The number of anilines is 1. The van der Waals surface area contributed by atoms with E-state index in [1.54, 1.807) is 20.1 Å². The van der Waals surface area contributed by atoms with Crippen molar-refractivity contribution in [2.75, 3.05) is 5.32 Å². The van der Waals surface area contributed by atoms with Crippen LogP contribution in [-0.2, 0) is 19.6 Å². The Morgan fingerprint density at radius 1 is 1.19 bits per heavy atom. The van der Waals surface area contributed by atoms with E-state index in [0.717, 1.165) is 17.7 Å². The summed E-state index contributed by atoms with van der Waals surface area (Å²) in [7, 11) is -3.26. The number of ether oxygens (including phenoxy) is 1. The van der Waals surface area contributed by atoms with E-state index in [2.05, 4.69) is 10.0 Å². The molecule has 148 valence electrons. The maximum atomic E-state index is 12.6. The van der Waals surface area contributed by atoms with Crippen molar-refractivity contribution >= 4 is 21.6 Å². The van der Waals surface area contributed by atoms with Crippen LogP contribution in [-0.4, -0.2) is 25.6 Å². The molecular weight excluding hydrogens is 364 g/mol. The minimum Gasteiger partial charge on any atom is -0.493 e. The minimum atomic E-state index is -3.26. The van der Waals surface area contributed by atoms with Crippen molar-refractivity contribution < 1.29 is 17.9 Å². The number of benzene rings is 1. The van der Waals surface area contributed by atoms with Gasteiger partial charge in [-0.1, -0.05) is 12.1 Å². The molecule has 1 saturated carbocycles. The van der Waals surface area contributed by atoms with Gasteiger partial charge in [0.05, 0.1) is 11.5 Å². The van der Waals surface area contributed by atoms with Gasteiger partial charge in [-0.05, 0) is 63.3 Å². The van der Waals surface area contributed by atoms with Crippen molar-refractivity contribution in [1.29, 1.82) is 0 Å². The Bertz CT molecular complexity index is 788. The van der Waals surface area contributed by atoms with Gasteiger partial charge in [-0.3, -0.25) is 4.79 Å². The van der Waals surface area contributed by atoms with E-state index in [-0.39, 0.29) is 24.0 Å². The van der Waals surface area contributed by atoms with Crippen molar-refractivity contribution in [3.63, 3.8) is 0 Å². The van der Waals surface area contributed by atoms with E-state index >= 15 is 0 Å². The topological polar surface area (TPSA) is 84.5 Å². The first-order valence-corrected chi connectivity index (χ1v) is 11.1. The first-order valence-electron chi connectivity index (χ1n) is 9.57. The Balaban J connectivity index is 1.52. The monoisotopic (exact) mass is 392 g/mol. The maximum Gasteiger partial charge on any atom is 0.227 e. The quantitative estimate of drug-likeness (QED) is 0.776. The van der Waals surface area contributed by atoms with Gasteiger partial charge in [0.15, 0.2) is 0 Å². The number of hydrogen-bond donors (Lipinski definition) is 2. The highest BCUT2D eigenvalue weighted by molar-refractivity contribution is 7.90. The van der Waals surface area contributed by atoms with E-state index in [0.29, 0.717) is 25.7 Å². The van der Waals surface area contributed by atoms with Crippen LogP contribution in [0.1, 0.15) is 57.6 Å². The first kappa shape index (κ1) is 19.9. The molecule has 0 radical (unpaired) electrons. The second kappa shape index (κ2) is 8.44. The van der Waals surface area contributed by atoms with Crippen LogP contribution in [0, 0.1) is 5.92 Å². The van der Waals surface area contributed by atoms with Gasteiger partial charge in [-0.15, -0.1) is 0 Å². The zero-order valence-corrected chi connectivity index (χ0v) is 16.7. The van der Waals surface area contributed by atoms with Crippen molar-refractivity contribution in [2.24, 2.45) is 5.92 Å². The summed E-state index contributed by atoms with van der Waals surface area (Å²) in [6, 6.07) is 7.69. The summed E-state index contributed by atoms with van der Waals surface area (Å²) in [6.45, 7) is 3.34. The van der Waals surface area contributed by atoms with Gasteiger partial charge in [-0.25, -0.2) is 13.1 Å². The number of sulfonamides is 1. The van der Waals surface area contributed by atoms with E-state index in [4.69, 9.17) is 4.74 Å². The smallest absolute Gasteiger partial charge is 0.227 e. The minimum absolute atomic E-state index is 0.00258. The molecule has 7 heteroatoms. The third-order valence-electron chi connectivity index (χ3n) is 5.26. The zero-order valence-electron chi connectivity index (χ0n) is 15.9. The number of amides is 1. The maximum absolute atomic E-state index is 12.6. The highest BCUT2D eigenvalue weighted by atomic mass is 32.2. The van der Waals surface area contributed by atoms with Crippen molar-refractivity contribution in [3.8, 4) is 0 Å². The molecule has 1 aromatic carbocycles. The van der Waals surface area contributed by atoms with Crippen molar-refractivity contribution in [1.82, 2.24) is 4.72 Å². The largest absolute Gasteiger partial charge is 0.493 e. The number of carbonyl (C=O) groups excluding carboxylic acids is 1. The lowest BCUT2D eigenvalue weighted by Gasteiger charge is -2.28. The molecular formula is C20H28N2O4S. The molecule has 1 amide bonds. The molecule has 6 nitrogen and oxygen atoms in total. The standard InChI is InChI=1S/C20H28N2O4S/c1-14(2)27(24,25)22-17-10-8-15(9-11-17)20(23)21-18-6-3-5-16(13-18)19-7-4-12-26-19/h3-6,12-15,17,19,22H,7-11H2,1-2H3,(H,21,23)/t15-,17-,19?. The summed E-state index contributed by atoms with van der Waals surface area (Å²) < 4.78 is 32.3. The van der Waals surface area contributed by atoms with Gasteiger partial charge in [-0.2, -0.15) is 0 Å². The van der Waals surface area contributed by atoms with Gasteiger partial charge in [0, 0.05) is 24.1 Å². The molecule has 1 unspecified atom stereocenters. The molecule has 1 aliphatic heterocycles. The van der Waals surface area contributed by atoms with E-state index in [1.165, 1.54) is 0 Å². The lowest BCUT2D eigenvalue weighted by atomic mass is 9.86. The van der Waals surface area contributed by atoms with Gasteiger partial charge in [0.2, 0.25) is 15.9 Å². The van der Waals surface area contributed by atoms with Crippen molar-refractivity contribution in [2.45, 2.75) is 63.3 Å². The second-order valence-electron chi connectivity index (χ2n) is 7.61. The number of rotatable bonds is 6. The summed E-state index contributed by atoms with van der Waals surface area (Å²) in [4.78, 5) is 12.6. The third-order valence-corrected chi connectivity index (χ3v) is 7.17. The summed E-state index contributed by atoms with van der Waals surface area (Å²) in [5, 5.41) is 2.56. The zero-order chi connectivity index (χ0) is 19.4. The predicted octanol–water partition coefficient (Wildman–Crippen LogP) is 3.49. The fourth-order valence-corrected chi connectivity index (χ4v) is 4.48. The highest BCUT2D eigenvalue weighted by Gasteiger charge is 2.29. The number of carbonyl (C=O) groups is 1. The molecule has 0 bridgehead atoms. The van der Waals surface area contributed by atoms with Gasteiger partial charge in [0.1, 0.15) is 6.10 Å². The molecule has 1 atom stereocenters. The molecule has 1 aliphatic carbocycles. The van der Waals surface area contributed by atoms with Crippen LogP contribution >= 0.6 is 0 Å². The Morgan fingerprint density at radius 3 is 2.56 bits per heavy atom. The molecule has 27 heavy (non-hydrogen) atoms. The Labute approximate surface area is 161 Å². The van der Waals surface area contributed by atoms with Crippen LogP contribution in [0.5, 0.6) is 0 Å². The molecule has 1 heterocycles. The van der Waals surface area contributed by atoms with Gasteiger partial charge < -0.3 is 10.1 Å². The fraction of sp³-hybridized carbons (Fsp3) is 0.550. The normalized spacial score (nSPS) is 25.4. The summed E-state index contributed by atoms with van der Waals surface area (Å²) >= 11 is 0. The molecule has 2 aliphatic rings. The summed E-state index contributed by atoms with van der Waals surface area (Å²) in [5.74, 6) is -0.0827. The average Bonchev–Trinajstić information content (AvgIpc) is 3.17. The Kier molecular flexibility index (Phi) is 6.22. The highest BCUT2D eigenvalue weighted by Crippen LogP contribution is 2.30. The van der Waals surface area contributed by atoms with E-state index in [1.807, 2.05) is 30.3 Å². The summed E-state index contributed by atoms with van der Waals surface area (Å²) in [5.41, 5.74) is 1.82. The van der Waals surface area contributed by atoms with E-state index < -0.39 is 15.3 Å². The Hall–Kier alpha value is -1.86. The third kappa shape index (κ3) is 5.11. The van der Waals surface area contributed by atoms with Crippen LogP contribution in [0.4, 0.5) is 5.69 Å². The molecule has 1 aromatic rings. The Morgan fingerprint density at radius 2 is 1.93 bits per heavy atom. The lowest BCUT2D eigenvalue weighted by Crippen LogP contribution is -2.42. The molecule has 3 rings (SSSR count). The first-order chi connectivity index (χ1) is 12.8. The van der Waals surface area contributed by atoms with Gasteiger partial charge in [0.25, 0.3) is 0 Å². The average molecular weight is 393 g/mol. The lowest BCUT2D eigenvalue weighted by molar-refractivity contribution is -0.120. The number of hydrogen-bond acceptors (Lipinski definition) is 4. The van der Waals surface area contributed by atoms with Crippen LogP contribution in [0.15, 0.2) is 36.6 Å². The SMILES string of the molecule is CC(C)S(=O)(=O)N[C@H]1CC[C@H](C(=O)Nc2cccc(C3CC=CO3)c2)CC1. The molecule has 0 aromatic heterocycles. The molecule has 1 fully saturated rings. The van der Waals surface area contributed by atoms with Gasteiger partial charge >= 0.3 is 0 Å². The second-order valence-corrected chi connectivity index (χ2v) is 9.88. The number of nitrogens with one attached hydrogen (secondary N) is 2. The summed E-state index contributed by atoms with van der Waals surface area (Å²) in [6.07, 6.45) is 7.31. The van der Waals surface area contributed by atoms with Crippen molar-refractivity contribution in [3.05, 3.63) is 42.2 Å².